The van der Waals surface area contributed by atoms with Crippen molar-refractivity contribution in [3.8, 4) is 17.1 Å². The van der Waals surface area contributed by atoms with Crippen molar-refractivity contribution < 1.29 is 19.5 Å². The van der Waals surface area contributed by atoms with Crippen molar-refractivity contribution in [2.45, 2.75) is 20.4 Å². The quantitative estimate of drug-likeness (QED) is 0.180. The molecule has 0 spiro atoms. The van der Waals surface area contributed by atoms with E-state index in [2.05, 4.69) is 35.4 Å². The van der Waals surface area contributed by atoms with E-state index in [9.17, 15) is 4.79 Å². The number of amides is 1. The monoisotopic (exact) mass is 520 g/mol. The van der Waals surface area contributed by atoms with E-state index < -0.39 is 5.91 Å². The zero-order valence-corrected chi connectivity index (χ0v) is 21.8. The molecule has 1 aromatic carbocycles. The van der Waals surface area contributed by atoms with Crippen molar-refractivity contribution in [3.05, 3.63) is 41.9 Å². The molecule has 2 N–H and O–H groups in total. The molecule has 200 valence electrons. The first kappa shape index (κ1) is 26.9. The summed E-state index contributed by atoms with van der Waals surface area (Å²) in [5.74, 6) is 2.44. The van der Waals surface area contributed by atoms with Gasteiger partial charge in [0.1, 0.15) is 11.6 Å². The Morgan fingerprint density at radius 2 is 1.97 bits per heavy atom. The Kier molecular flexibility index (Phi) is 8.77. The number of ether oxygens (including phenoxy) is 2. The lowest BCUT2D eigenvalue weighted by Gasteiger charge is -2.28. The maximum absolute atomic E-state index is 11.8. The molecule has 1 amide bonds. The fourth-order valence-electron chi connectivity index (χ4n) is 3.86. The Morgan fingerprint density at radius 3 is 2.63 bits per heavy atom. The third-order valence-electron chi connectivity index (χ3n) is 5.86. The predicted molar refractivity (Wildman–Crippen MR) is 145 cm³/mol. The molecule has 1 saturated heterocycles. The minimum Gasteiger partial charge on any atom is -0.493 e. The number of imidazole rings is 1. The number of aromatic nitrogens is 4. The maximum Gasteiger partial charge on any atom is 0.277 e. The standard InChI is InChI=1S/C26H32N8O4/c1-17(2)16-38-20-7-5-18(6-8-20)23-30-24-22(25(31-23)34-9-11-37-12-10-34)29-21(33(24)4)15-28-14-19(13-27-3)26(35)32-36/h5-8,13-14,17,36H,3,9-12,15-16H2,1-2,4H3,(H,32,35)/b19-13+,28-14?. The SMILES string of the molecule is C=N/C=C(\C=NCc1nc2c(N3CCOCC3)nc(-c3ccc(OCC(C)C)cc3)nc2n1C)C(=O)NO. The fourth-order valence-corrected chi connectivity index (χ4v) is 3.86. The Labute approximate surface area is 220 Å². The number of fused-ring (bicyclic) bond motifs is 1. The van der Waals surface area contributed by atoms with Crippen molar-refractivity contribution in [2.24, 2.45) is 23.0 Å². The molecular weight excluding hydrogens is 488 g/mol. The minimum absolute atomic E-state index is 0.0539. The van der Waals surface area contributed by atoms with Gasteiger partial charge in [0.2, 0.25) is 0 Å². The first-order valence-electron chi connectivity index (χ1n) is 12.3. The molecule has 0 radical (unpaired) electrons. The molecule has 1 aliphatic rings. The van der Waals surface area contributed by atoms with Gasteiger partial charge < -0.3 is 18.9 Å². The number of rotatable bonds is 10. The van der Waals surface area contributed by atoms with Crippen LogP contribution in [0.25, 0.3) is 22.6 Å². The third-order valence-corrected chi connectivity index (χ3v) is 5.86. The van der Waals surface area contributed by atoms with Gasteiger partial charge in [0, 0.05) is 38.1 Å². The van der Waals surface area contributed by atoms with Crippen LogP contribution in [-0.2, 0) is 23.1 Å². The second-order valence-electron chi connectivity index (χ2n) is 9.14. The Bertz CT molecular complexity index is 1340. The van der Waals surface area contributed by atoms with Crippen molar-refractivity contribution >= 4 is 35.8 Å². The molecule has 0 saturated carbocycles. The Morgan fingerprint density at radius 1 is 1.24 bits per heavy atom. The summed E-state index contributed by atoms with van der Waals surface area (Å²) in [7, 11) is 1.87. The van der Waals surface area contributed by atoms with Crippen molar-refractivity contribution in [1.29, 1.82) is 0 Å². The smallest absolute Gasteiger partial charge is 0.277 e. The van der Waals surface area contributed by atoms with Crippen molar-refractivity contribution in [1.82, 2.24) is 25.0 Å². The van der Waals surface area contributed by atoms with E-state index in [1.807, 2.05) is 35.9 Å². The number of carbonyl (C=O) groups is 1. The summed E-state index contributed by atoms with van der Waals surface area (Å²) in [5, 5.41) is 8.91. The molecule has 4 rings (SSSR count). The van der Waals surface area contributed by atoms with E-state index in [0.29, 0.717) is 61.6 Å². The molecule has 0 atom stereocenters. The van der Waals surface area contributed by atoms with Gasteiger partial charge in [-0.1, -0.05) is 13.8 Å². The van der Waals surface area contributed by atoms with Crippen LogP contribution in [-0.4, -0.2) is 76.5 Å². The van der Waals surface area contributed by atoms with Crippen LogP contribution in [0.3, 0.4) is 0 Å². The van der Waals surface area contributed by atoms with Crippen LogP contribution in [0.2, 0.25) is 0 Å². The molecule has 0 unspecified atom stereocenters. The lowest BCUT2D eigenvalue weighted by molar-refractivity contribution is -0.124. The number of hydrogen-bond acceptors (Lipinski definition) is 10. The molecule has 38 heavy (non-hydrogen) atoms. The van der Waals surface area contributed by atoms with Crippen LogP contribution in [0.4, 0.5) is 5.82 Å². The van der Waals surface area contributed by atoms with Gasteiger partial charge in [-0.25, -0.2) is 20.4 Å². The molecule has 1 fully saturated rings. The van der Waals surface area contributed by atoms with Gasteiger partial charge in [-0.2, -0.15) is 0 Å². The fraction of sp³-hybridized carbons (Fsp3) is 0.385. The molecule has 3 heterocycles. The molecule has 3 aromatic rings. The highest BCUT2D eigenvalue weighted by molar-refractivity contribution is 6.11. The number of aliphatic imine (C=N–C) groups is 2. The summed E-state index contributed by atoms with van der Waals surface area (Å²) < 4.78 is 13.2. The number of carbonyl (C=O) groups excluding carboxylic acids is 1. The summed E-state index contributed by atoms with van der Waals surface area (Å²) in [6.07, 6.45) is 2.51. The van der Waals surface area contributed by atoms with E-state index in [0.717, 1.165) is 17.1 Å². The second-order valence-corrected chi connectivity index (χ2v) is 9.14. The lowest BCUT2D eigenvalue weighted by atomic mass is 10.2. The van der Waals surface area contributed by atoms with Gasteiger partial charge in [0.25, 0.3) is 5.91 Å². The third kappa shape index (κ3) is 6.21. The first-order chi connectivity index (χ1) is 18.4. The zero-order chi connectivity index (χ0) is 27.1. The van der Waals surface area contributed by atoms with Crippen LogP contribution in [0, 0.1) is 5.92 Å². The Balaban J connectivity index is 1.70. The van der Waals surface area contributed by atoms with Gasteiger partial charge in [0.15, 0.2) is 22.8 Å². The summed E-state index contributed by atoms with van der Waals surface area (Å²) in [5.41, 5.74) is 3.81. The van der Waals surface area contributed by atoms with Crippen molar-refractivity contribution in [3.63, 3.8) is 0 Å². The normalized spacial score (nSPS) is 14.4. The predicted octanol–water partition coefficient (Wildman–Crippen LogP) is 2.56. The number of hydroxylamine groups is 1. The highest BCUT2D eigenvalue weighted by Gasteiger charge is 2.22. The maximum atomic E-state index is 11.8. The summed E-state index contributed by atoms with van der Waals surface area (Å²) in [4.78, 5) is 36.4. The van der Waals surface area contributed by atoms with Crippen LogP contribution < -0.4 is 15.1 Å². The average Bonchev–Trinajstić information content (AvgIpc) is 3.26. The molecule has 12 nitrogen and oxygen atoms in total. The highest BCUT2D eigenvalue weighted by Crippen LogP contribution is 2.29. The number of nitrogens with zero attached hydrogens (tertiary/aromatic N) is 7. The topological polar surface area (TPSA) is 139 Å². The second kappa shape index (κ2) is 12.4. The van der Waals surface area contributed by atoms with Crippen LogP contribution in [0.5, 0.6) is 5.75 Å². The Hall–Kier alpha value is -4.16. The molecule has 1 aliphatic heterocycles. The number of anilines is 1. The van der Waals surface area contributed by atoms with Gasteiger partial charge in [-0.15, -0.1) is 0 Å². The van der Waals surface area contributed by atoms with Gasteiger partial charge in [-0.05, 0) is 36.9 Å². The lowest BCUT2D eigenvalue weighted by Crippen LogP contribution is -2.37. The molecule has 2 aromatic heterocycles. The molecule has 0 aliphatic carbocycles. The van der Waals surface area contributed by atoms with E-state index in [-0.39, 0.29) is 12.1 Å². The number of aryl methyl sites for hydroxylation is 1. The summed E-state index contributed by atoms with van der Waals surface area (Å²) >= 11 is 0. The summed E-state index contributed by atoms with van der Waals surface area (Å²) in [6.45, 7) is 11.0. The number of hydrogen-bond donors (Lipinski definition) is 2. The van der Waals surface area contributed by atoms with E-state index in [1.54, 1.807) is 5.48 Å². The number of nitrogens with one attached hydrogen (secondary N) is 1. The van der Waals surface area contributed by atoms with Crippen molar-refractivity contribution in [2.75, 3.05) is 37.8 Å². The number of benzene rings is 1. The van der Waals surface area contributed by atoms with Gasteiger partial charge in [0.05, 0.1) is 31.9 Å². The minimum atomic E-state index is -0.739. The zero-order valence-electron chi connectivity index (χ0n) is 21.8. The highest BCUT2D eigenvalue weighted by atomic mass is 16.5. The summed E-state index contributed by atoms with van der Waals surface area (Å²) in [6, 6.07) is 7.76. The van der Waals surface area contributed by atoms with Gasteiger partial charge in [-0.3, -0.25) is 20.0 Å². The number of morpholine rings is 1. The van der Waals surface area contributed by atoms with E-state index >= 15 is 0 Å². The molecular formula is C26H32N8O4. The average molecular weight is 521 g/mol. The van der Waals surface area contributed by atoms with E-state index in [4.69, 9.17) is 29.6 Å². The van der Waals surface area contributed by atoms with Crippen LogP contribution >= 0.6 is 0 Å². The van der Waals surface area contributed by atoms with Gasteiger partial charge >= 0.3 is 0 Å². The largest absolute Gasteiger partial charge is 0.493 e. The van der Waals surface area contributed by atoms with E-state index in [1.165, 1.54) is 12.4 Å². The molecule has 12 heteroatoms. The van der Waals surface area contributed by atoms with Crippen LogP contribution in [0.1, 0.15) is 19.7 Å². The first-order valence-corrected chi connectivity index (χ1v) is 12.3. The molecule has 0 bridgehead atoms. The van der Waals surface area contributed by atoms with Crippen LogP contribution in [0.15, 0.2) is 46.0 Å².